The van der Waals surface area contributed by atoms with Crippen molar-refractivity contribution in [2.75, 3.05) is 0 Å². The van der Waals surface area contributed by atoms with Gasteiger partial charge in [0.2, 0.25) is 0 Å². The molecule has 0 spiro atoms. The van der Waals surface area contributed by atoms with E-state index >= 15 is 0 Å². The third-order valence-corrected chi connectivity index (χ3v) is 6.39. The Morgan fingerprint density at radius 2 is 2.08 bits per heavy atom. The van der Waals surface area contributed by atoms with Crippen LogP contribution in [0.4, 0.5) is 0 Å². The summed E-state index contributed by atoms with van der Waals surface area (Å²) >= 11 is 0. The van der Waals surface area contributed by atoms with Crippen molar-refractivity contribution >= 4 is 10.1 Å². The molecule has 3 fully saturated rings. The molecular formula is C9H14O3S. The second-order valence-corrected chi connectivity index (χ2v) is 6.83. The van der Waals surface area contributed by atoms with Crippen LogP contribution in [0.3, 0.4) is 0 Å². The van der Waals surface area contributed by atoms with E-state index in [1.165, 1.54) is 0 Å². The highest BCUT2D eigenvalue weighted by Gasteiger charge is 2.67. The molecule has 0 N–H and O–H groups in total. The first kappa shape index (κ1) is 8.24. The summed E-state index contributed by atoms with van der Waals surface area (Å²) in [4.78, 5) is 0. The molecule has 3 aliphatic rings. The number of hydrogen-bond donors (Lipinski definition) is 0. The van der Waals surface area contributed by atoms with Gasteiger partial charge in [0.15, 0.2) is 0 Å². The summed E-state index contributed by atoms with van der Waals surface area (Å²) in [7, 11) is -3.22. The minimum atomic E-state index is -3.22. The molecule has 1 saturated heterocycles. The second kappa shape index (κ2) is 1.96. The van der Waals surface area contributed by atoms with Crippen molar-refractivity contribution in [3.05, 3.63) is 0 Å². The van der Waals surface area contributed by atoms with Crippen molar-refractivity contribution in [3.8, 4) is 0 Å². The average Bonchev–Trinajstić information content (AvgIpc) is 2.43. The Morgan fingerprint density at radius 3 is 2.62 bits per heavy atom. The topological polar surface area (TPSA) is 43.4 Å². The molecule has 0 aromatic rings. The predicted octanol–water partition coefficient (Wildman–Crippen LogP) is 1.15. The van der Waals surface area contributed by atoms with Gasteiger partial charge >= 0.3 is 0 Å². The Kier molecular flexibility index (Phi) is 1.24. The van der Waals surface area contributed by atoms with Crippen molar-refractivity contribution in [3.63, 3.8) is 0 Å². The van der Waals surface area contributed by atoms with Crippen LogP contribution >= 0.6 is 0 Å². The number of rotatable bonds is 0. The molecule has 2 bridgehead atoms. The summed E-state index contributed by atoms with van der Waals surface area (Å²) in [6.45, 7) is 4.27. The lowest BCUT2D eigenvalue weighted by Crippen LogP contribution is -2.33. The van der Waals surface area contributed by atoms with Crippen LogP contribution in [0.5, 0.6) is 0 Å². The summed E-state index contributed by atoms with van der Waals surface area (Å²) in [6.07, 6.45) is 1.99. The minimum Gasteiger partial charge on any atom is -0.266 e. The quantitative estimate of drug-likeness (QED) is 0.553. The van der Waals surface area contributed by atoms with Crippen LogP contribution in [0.15, 0.2) is 0 Å². The Morgan fingerprint density at radius 1 is 1.38 bits per heavy atom. The highest BCUT2D eigenvalue weighted by atomic mass is 32.2. The first-order valence-electron chi connectivity index (χ1n) is 4.86. The first-order chi connectivity index (χ1) is 5.94. The fourth-order valence-electron chi connectivity index (χ4n) is 3.64. The smallest absolute Gasteiger partial charge is 0.266 e. The molecule has 3 nitrogen and oxygen atoms in total. The molecule has 1 heterocycles. The lowest BCUT2D eigenvalue weighted by Gasteiger charge is -2.29. The van der Waals surface area contributed by atoms with E-state index in [9.17, 15) is 8.42 Å². The van der Waals surface area contributed by atoms with Gasteiger partial charge in [-0.25, -0.2) is 0 Å². The van der Waals surface area contributed by atoms with Gasteiger partial charge in [-0.15, -0.1) is 0 Å². The molecule has 4 heteroatoms. The van der Waals surface area contributed by atoms with Gasteiger partial charge in [-0.3, -0.25) is 4.18 Å². The van der Waals surface area contributed by atoms with Gasteiger partial charge in [-0.05, 0) is 24.2 Å². The number of fused-ring (bicyclic) bond motifs is 1. The van der Waals surface area contributed by atoms with E-state index in [1.54, 1.807) is 0 Å². The second-order valence-electron chi connectivity index (χ2n) is 5.11. The van der Waals surface area contributed by atoms with Crippen LogP contribution in [0, 0.1) is 17.3 Å². The van der Waals surface area contributed by atoms with Gasteiger partial charge in [-0.1, -0.05) is 13.8 Å². The van der Waals surface area contributed by atoms with E-state index in [-0.39, 0.29) is 22.7 Å². The molecular weight excluding hydrogens is 188 g/mol. The fourth-order valence-corrected chi connectivity index (χ4v) is 5.85. The zero-order valence-electron chi connectivity index (χ0n) is 7.86. The Bertz CT molecular complexity index is 355. The molecule has 0 aromatic heterocycles. The maximum absolute atomic E-state index is 11.6. The third-order valence-electron chi connectivity index (χ3n) is 4.45. The van der Waals surface area contributed by atoms with Crippen molar-refractivity contribution in [2.24, 2.45) is 17.3 Å². The van der Waals surface area contributed by atoms with Crippen LogP contribution in [0.1, 0.15) is 26.7 Å². The molecule has 2 aliphatic carbocycles. The molecule has 0 radical (unpaired) electrons. The normalized spacial score (nSPS) is 61.7. The highest BCUT2D eigenvalue weighted by molar-refractivity contribution is 7.87. The first-order valence-corrected chi connectivity index (χ1v) is 6.33. The van der Waals surface area contributed by atoms with E-state index in [2.05, 4.69) is 13.8 Å². The molecule has 3 rings (SSSR count). The van der Waals surface area contributed by atoms with Crippen molar-refractivity contribution in [1.82, 2.24) is 0 Å². The van der Waals surface area contributed by atoms with E-state index in [0.29, 0.717) is 5.92 Å². The maximum Gasteiger partial charge on any atom is 0.271 e. The molecule has 5 unspecified atom stereocenters. The minimum absolute atomic E-state index is 0.0104. The lowest BCUT2D eigenvalue weighted by atomic mass is 9.77. The van der Waals surface area contributed by atoms with Crippen LogP contribution < -0.4 is 0 Å². The van der Waals surface area contributed by atoms with Gasteiger partial charge in [0.1, 0.15) is 0 Å². The molecule has 0 aromatic carbocycles. The molecule has 5 atom stereocenters. The summed E-state index contributed by atoms with van der Waals surface area (Å²) < 4.78 is 28.4. The van der Waals surface area contributed by atoms with Gasteiger partial charge in [0.05, 0.1) is 11.4 Å². The Labute approximate surface area is 78.6 Å². The Hall–Kier alpha value is -0.0900. The van der Waals surface area contributed by atoms with Crippen LogP contribution in [-0.4, -0.2) is 19.8 Å². The largest absolute Gasteiger partial charge is 0.271 e. The van der Waals surface area contributed by atoms with Crippen molar-refractivity contribution in [1.29, 1.82) is 0 Å². The van der Waals surface area contributed by atoms with E-state index in [1.807, 2.05) is 0 Å². The summed E-state index contributed by atoms with van der Waals surface area (Å²) in [5.74, 6) is 0.575. The predicted molar refractivity (Wildman–Crippen MR) is 47.6 cm³/mol. The summed E-state index contributed by atoms with van der Waals surface area (Å²) in [6, 6.07) is 0. The third kappa shape index (κ3) is 0.773. The van der Waals surface area contributed by atoms with Gasteiger partial charge in [-0.2, -0.15) is 8.42 Å². The average molecular weight is 202 g/mol. The Balaban J connectivity index is 2.16. The van der Waals surface area contributed by atoms with E-state index in [0.717, 1.165) is 12.8 Å². The lowest BCUT2D eigenvalue weighted by molar-refractivity contribution is 0.148. The standard InChI is InChI=1S/C9H14O3S/c1-5-8-6-3-9(5,2)4-7(6)12-13(8,10)11/h5-8H,3-4H2,1-2H3. The molecule has 74 valence electrons. The van der Waals surface area contributed by atoms with Crippen LogP contribution in [0.2, 0.25) is 0 Å². The van der Waals surface area contributed by atoms with Gasteiger partial charge in [0, 0.05) is 5.92 Å². The zero-order valence-corrected chi connectivity index (χ0v) is 8.67. The van der Waals surface area contributed by atoms with Gasteiger partial charge < -0.3 is 0 Å². The molecule has 13 heavy (non-hydrogen) atoms. The summed E-state index contributed by atoms with van der Waals surface area (Å²) in [5.41, 5.74) is 0.226. The highest BCUT2D eigenvalue weighted by Crippen LogP contribution is 2.63. The maximum atomic E-state index is 11.6. The molecule has 2 saturated carbocycles. The molecule has 0 amide bonds. The van der Waals surface area contributed by atoms with Crippen LogP contribution in [-0.2, 0) is 14.3 Å². The number of hydrogen-bond acceptors (Lipinski definition) is 3. The monoisotopic (exact) mass is 202 g/mol. The molecule has 1 aliphatic heterocycles. The van der Waals surface area contributed by atoms with Crippen LogP contribution in [0.25, 0.3) is 0 Å². The summed E-state index contributed by atoms with van der Waals surface area (Å²) in [5, 5.41) is -0.198. The van der Waals surface area contributed by atoms with E-state index in [4.69, 9.17) is 4.18 Å². The zero-order chi connectivity index (χ0) is 9.43. The van der Waals surface area contributed by atoms with E-state index < -0.39 is 10.1 Å². The fraction of sp³-hybridized carbons (Fsp3) is 1.00. The SMILES string of the molecule is CC1C2C3CC1(C)CC3OS2(=O)=O. The van der Waals surface area contributed by atoms with Crippen molar-refractivity contribution in [2.45, 2.75) is 38.0 Å². The van der Waals surface area contributed by atoms with Gasteiger partial charge in [0.25, 0.3) is 10.1 Å². The van der Waals surface area contributed by atoms with Crippen molar-refractivity contribution < 1.29 is 12.6 Å².